The molecular weight excluding hydrogens is 326 g/mol. The fourth-order valence-corrected chi connectivity index (χ4v) is 4.45. The average molecular weight is 376 g/mol. The lowest BCUT2D eigenvalue weighted by atomic mass is 9.37. The third-order valence-corrected chi connectivity index (χ3v) is 5.63. The molecule has 2 unspecified atom stereocenters. The maximum absolute atomic E-state index is 10.7. The largest absolute Gasteiger partial charge is 0.411 e. The van der Waals surface area contributed by atoms with E-state index in [0.29, 0.717) is 11.7 Å². The third kappa shape index (κ3) is 17.9. The van der Waals surface area contributed by atoms with Gasteiger partial charge in [-0.2, -0.15) is 0 Å². The van der Waals surface area contributed by atoms with Crippen molar-refractivity contribution in [1.82, 2.24) is 0 Å². The van der Waals surface area contributed by atoms with Crippen LogP contribution in [0.5, 0.6) is 0 Å². The summed E-state index contributed by atoms with van der Waals surface area (Å²) in [4.78, 5) is 0. The quantitative estimate of drug-likeness (QED) is 0.180. The minimum absolute atomic E-state index is 0.107. The van der Waals surface area contributed by atoms with Crippen molar-refractivity contribution in [3.8, 4) is 0 Å². The number of unbranched alkanes of at least 4 members (excludes halogenated alkanes) is 9. The third-order valence-electron chi connectivity index (χ3n) is 5.63. The van der Waals surface area contributed by atoms with Gasteiger partial charge in [-0.15, -0.1) is 0 Å². The number of aliphatic hydroxyl groups excluding tert-OH is 1. The van der Waals surface area contributed by atoms with Crippen LogP contribution in [0.3, 0.4) is 0 Å². The van der Waals surface area contributed by atoms with E-state index in [1.807, 2.05) is 0 Å². The van der Waals surface area contributed by atoms with Crippen LogP contribution in [-0.2, 0) is 0 Å². The van der Waals surface area contributed by atoms with E-state index in [1.165, 1.54) is 83.5 Å². The lowest BCUT2D eigenvalue weighted by molar-refractivity contribution is 0.312. The first-order valence-corrected chi connectivity index (χ1v) is 12.2. The van der Waals surface area contributed by atoms with Gasteiger partial charge in [-0.25, -0.2) is 0 Å². The molecule has 1 nitrogen and oxygen atoms in total. The standard InChI is InChI=1S/C24H50B2O/c1-7-9-11-13-15-17-19-22(18-16-14-12-10-8-2)25-23(27)26-24(5,6)20-21(3)4/h21-23,27H,7-20H2,1-6H3. The lowest BCUT2D eigenvalue weighted by Crippen LogP contribution is -2.34. The molecule has 3 heteroatoms. The van der Waals surface area contributed by atoms with Crippen LogP contribution in [0, 0.1) is 5.92 Å². The summed E-state index contributed by atoms with van der Waals surface area (Å²) in [5, 5.41) is 10.8. The smallest absolute Gasteiger partial charge is 0.144 e. The van der Waals surface area contributed by atoms with Gasteiger partial charge < -0.3 is 5.11 Å². The summed E-state index contributed by atoms with van der Waals surface area (Å²) in [6.07, 6.45) is 18.5. The molecule has 0 fully saturated rings. The highest BCUT2D eigenvalue weighted by Gasteiger charge is 2.27. The van der Waals surface area contributed by atoms with Crippen molar-refractivity contribution >= 4 is 14.6 Å². The SMILES string of the molecule is CCCCCCCCC([B]C(O)[B]C(C)(C)CC(C)C)CCCCCCC. The van der Waals surface area contributed by atoms with Crippen LogP contribution in [0.1, 0.15) is 131 Å². The van der Waals surface area contributed by atoms with E-state index in [9.17, 15) is 5.11 Å². The molecule has 2 atom stereocenters. The van der Waals surface area contributed by atoms with E-state index < -0.39 is 0 Å². The van der Waals surface area contributed by atoms with Crippen molar-refractivity contribution in [3.05, 3.63) is 0 Å². The van der Waals surface area contributed by atoms with Gasteiger partial charge in [0.15, 0.2) is 0 Å². The fraction of sp³-hybridized carbons (Fsp3) is 1.00. The molecule has 0 aromatic rings. The van der Waals surface area contributed by atoms with Crippen LogP contribution in [0.4, 0.5) is 0 Å². The van der Waals surface area contributed by atoms with Gasteiger partial charge in [-0.1, -0.05) is 143 Å². The molecule has 0 saturated heterocycles. The van der Waals surface area contributed by atoms with Gasteiger partial charge in [0, 0.05) is 0 Å². The summed E-state index contributed by atoms with van der Waals surface area (Å²) in [7, 11) is 4.44. The van der Waals surface area contributed by atoms with Gasteiger partial charge in [0.2, 0.25) is 0 Å². The first-order chi connectivity index (χ1) is 12.8. The molecule has 0 aromatic carbocycles. The van der Waals surface area contributed by atoms with Crippen molar-refractivity contribution in [2.24, 2.45) is 5.92 Å². The maximum atomic E-state index is 10.7. The monoisotopic (exact) mass is 376 g/mol. The number of hydrogen-bond acceptors (Lipinski definition) is 1. The Morgan fingerprint density at radius 3 is 1.63 bits per heavy atom. The molecule has 0 aliphatic heterocycles. The highest BCUT2D eigenvalue weighted by atomic mass is 16.3. The fourth-order valence-electron chi connectivity index (χ4n) is 4.45. The molecule has 0 bridgehead atoms. The molecule has 0 aliphatic rings. The number of aliphatic hydroxyl groups is 1. The van der Waals surface area contributed by atoms with E-state index in [1.54, 1.807) is 0 Å². The summed E-state index contributed by atoms with van der Waals surface area (Å²) in [5.41, 5.74) is 0. The van der Waals surface area contributed by atoms with Crippen LogP contribution in [-0.4, -0.2) is 25.6 Å². The molecular formula is C24H50B2O. The summed E-state index contributed by atoms with van der Waals surface area (Å²) in [6.45, 7) is 13.6. The van der Waals surface area contributed by atoms with E-state index >= 15 is 0 Å². The number of hydrogen-bond donors (Lipinski definition) is 1. The van der Waals surface area contributed by atoms with Crippen molar-refractivity contribution < 1.29 is 5.11 Å². The maximum Gasteiger partial charge on any atom is 0.144 e. The second-order valence-electron chi connectivity index (χ2n) is 9.96. The zero-order chi connectivity index (χ0) is 20.5. The lowest BCUT2D eigenvalue weighted by Gasteiger charge is -2.29. The van der Waals surface area contributed by atoms with Crippen LogP contribution in [0.25, 0.3) is 0 Å². The zero-order valence-electron chi connectivity index (χ0n) is 19.7. The number of rotatable bonds is 19. The summed E-state index contributed by atoms with van der Waals surface area (Å²) < 4.78 is 0. The normalized spacial score (nSPS) is 14.4. The van der Waals surface area contributed by atoms with Gasteiger partial charge in [0.1, 0.15) is 14.6 Å². The molecule has 1 N–H and O–H groups in total. The van der Waals surface area contributed by atoms with E-state index in [2.05, 4.69) is 56.1 Å². The topological polar surface area (TPSA) is 20.2 Å². The first kappa shape index (κ1) is 27.1. The Kier molecular flexibility index (Phi) is 17.0. The minimum atomic E-state index is -0.362. The zero-order valence-corrected chi connectivity index (χ0v) is 19.7. The van der Waals surface area contributed by atoms with Crippen LogP contribution in [0.2, 0.25) is 11.1 Å². The highest BCUT2D eigenvalue weighted by molar-refractivity contribution is 6.60. The second kappa shape index (κ2) is 17.0. The Morgan fingerprint density at radius 2 is 1.19 bits per heavy atom. The van der Waals surface area contributed by atoms with Gasteiger partial charge in [0.25, 0.3) is 0 Å². The first-order valence-electron chi connectivity index (χ1n) is 12.2. The van der Waals surface area contributed by atoms with Crippen molar-refractivity contribution in [1.29, 1.82) is 0 Å². The highest BCUT2D eigenvalue weighted by Crippen LogP contribution is 2.33. The van der Waals surface area contributed by atoms with Crippen LogP contribution < -0.4 is 0 Å². The van der Waals surface area contributed by atoms with E-state index in [0.717, 1.165) is 6.42 Å². The van der Waals surface area contributed by atoms with E-state index in [-0.39, 0.29) is 11.2 Å². The summed E-state index contributed by atoms with van der Waals surface area (Å²) >= 11 is 0. The summed E-state index contributed by atoms with van der Waals surface area (Å²) in [5.74, 6) is 0.888. The van der Waals surface area contributed by atoms with Gasteiger partial charge in [-0.05, 0) is 11.8 Å². The molecule has 0 aromatic heterocycles. The molecule has 27 heavy (non-hydrogen) atoms. The molecule has 0 heterocycles. The van der Waals surface area contributed by atoms with Crippen molar-refractivity contribution in [3.63, 3.8) is 0 Å². The molecule has 0 rings (SSSR count). The molecule has 0 saturated carbocycles. The second-order valence-corrected chi connectivity index (χ2v) is 9.96. The van der Waals surface area contributed by atoms with Gasteiger partial charge in [-0.3, -0.25) is 0 Å². The molecule has 0 aliphatic carbocycles. The Balaban J connectivity index is 4.31. The Hall–Kier alpha value is 0.0899. The van der Waals surface area contributed by atoms with E-state index in [4.69, 9.17) is 0 Å². The Morgan fingerprint density at radius 1 is 0.741 bits per heavy atom. The average Bonchev–Trinajstić information content (AvgIpc) is 2.55. The predicted octanol–water partition coefficient (Wildman–Crippen LogP) is 7.81. The minimum Gasteiger partial charge on any atom is -0.411 e. The Labute approximate surface area is 174 Å². The van der Waals surface area contributed by atoms with Gasteiger partial charge >= 0.3 is 0 Å². The Bertz CT molecular complexity index is 318. The molecule has 2 radical (unpaired) electrons. The molecule has 158 valence electrons. The summed E-state index contributed by atoms with van der Waals surface area (Å²) in [6, 6.07) is 0. The van der Waals surface area contributed by atoms with Crippen molar-refractivity contribution in [2.45, 2.75) is 148 Å². The van der Waals surface area contributed by atoms with Crippen LogP contribution >= 0.6 is 0 Å². The predicted molar refractivity (Wildman–Crippen MR) is 126 cm³/mol. The van der Waals surface area contributed by atoms with Crippen LogP contribution in [0.15, 0.2) is 0 Å². The van der Waals surface area contributed by atoms with Gasteiger partial charge in [0.05, 0.1) is 0 Å². The van der Waals surface area contributed by atoms with Crippen molar-refractivity contribution in [2.75, 3.05) is 0 Å². The molecule has 0 spiro atoms. The molecule has 0 amide bonds.